The molecule has 0 bridgehead atoms. The predicted molar refractivity (Wildman–Crippen MR) is 68.6 cm³/mol. The number of aromatic nitrogens is 4. The van der Waals surface area contributed by atoms with Crippen molar-refractivity contribution < 1.29 is 4.39 Å². The van der Waals surface area contributed by atoms with Crippen molar-refractivity contribution in [3.8, 4) is 23.0 Å². The molecule has 0 fully saturated rings. The second kappa shape index (κ2) is 3.78. The highest BCUT2D eigenvalue weighted by molar-refractivity contribution is 5.72. The molecule has 0 aliphatic carbocycles. The molecule has 0 saturated heterocycles. The van der Waals surface area contributed by atoms with Crippen LogP contribution < -0.4 is 0 Å². The number of halogens is 1. The summed E-state index contributed by atoms with van der Waals surface area (Å²) in [4.78, 5) is 4.10. The molecule has 0 saturated carbocycles. The third-order valence-electron chi connectivity index (χ3n) is 3.48. The van der Waals surface area contributed by atoms with Gasteiger partial charge in [0.1, 0.15) is 18.2 Å². The molecule has 3 heterocycles. The summed E-state index contributed by atoms with van der Waals surface area (Å²) in [5.41, 5.74) is 3.48. The smallest absolute Gasteiger partial charge is 0.163 e. The molecule has 0 radical (unpaired) electrons. The fourth-order valence-electron chi connectivity index (χ4n) is 2.58. The van der Waals surface area contributed by atoms with Crippen molar-refractivity contribution in [1.29, 1.82) is 5.26 Å². The highest BCUT2D eigenvalue weighted by Gasteiger charge is 2.22. The van der Waals surface area contributed by atoms with Crippen molar-refractivity contribution in [1.82, 2.24) is 19.3 Å². The normalized spacial score (nSPS) is 12.0. The van der Waals surface area contributed by atoms with E-state index >= 15 is 0 Å². The molecule has 0 unspecified atom stereocenters. The Bertz CT molecular complexity index is 868. The van der Waals surface area contributed by atoms with Crippen molar-refractivity contribution in [2.75, 3.05) is 0 Å². The fourth-order valence-corrected chi connectivity index (χ4v) is 2.58. The SMILES string of the molecule is N#Cc1ncn2c1Cn1nccc1-c1cc(F)ccc1-2. The third-order valence-corrected chi connectivity index (χ3v) is 3.48. The van der Waals surface area contributed by atoms with Crippen molar-refractivity contribution >= 4 is 0 Å². The molecule has 3 aromatic rings. The van der Waals surface area contributed by atoms with E-state index in [0.29, 0.717) is 12.2 Å². The standard InChI is InChI=1S/C14H8FN5/c15-9-1-2-12-10(5-9)13-3-4-18-20(13)7-14-11(6-16)17-8-19(12)14/h1-5,8H,7H2. The molecular weight excluding hydrogens is 257 g/mol. The maximum absolute atomic E-state index is 13.6. The molecule has 6 heteroatoms. The van der Waals surface area contributed by atoms with Gasteiger partial charge in [-0.15, -0.1) is 0 Å². The largest absolute Gasteiger partial charge is 0.299 e. The van der Waals surface area contributed by atoms with Crippen molar-refractivity contribution in [3.05, 3.63) is 54.0 Å². The maximum Gasteiger partial charge on any atom is 0.163 e. The van der Waals surface area contributed by atoms with E-state index < -0.39 is 0 Å². The number of hydrogen-bond acceptors (Lipinski definition) is 3. The maximum atomic E-state index is 13.6. The van der Waals surface area contributed by atoms with Crippen LogP contribution in [0.3, 0.4) is 0 Å². The van der Waals surface area contributed by atoms with Gasteiger partial charge in [0.15, 0.2) is 5.69 Å². The number of fused-ring (bicyclic) bond motifs is 5. The van der Waals surface area contributed by atoms with E-state index in [9.17, 15) is 4.39 Å². The van der Waals surface area contributed by atoms with E-state index in [1.807, 2.05) is 10.6 Å². The minimum absolute atomic E-state index is 0.305. The van der Waals surface area contributed by atoms with Crippen LogP contribution in [0.25, 0.3) is 16.9 Å². The lowest BCUT2D eigenvalue weighted by Crippen LogP contribution is -2.05. The number of rotatable bonds is 0. The Balaban J connectivity index is 2.12. The van der Waals surface area contributed by atoms with E-state index in [1.165, 1.54) is 12.1 Å². The molecule has 0 N–H and O–H groups in total. The molecule has 0 spiro atoms. The minimum atomic E-state index is -0.305. The van der Waals surface area contributed by atoms with Crippen LogP contribution >= 0.6 is 0 Å². The molecule has 2 aromatic heterocycles. The first-order chi connectivity index (χ1) is 9.78. The van der Waals surface area contributed by atoms with E-state index in [4.69, 9.17) is 5.26 Å². The second-order valence-electron chi connectivity index (χ2n) is 4.56. The molecule has 96 valence electrons. The van der Waals surface area contributed by atoms with Gasteiger partial charge in [-0.3, -0.25) is 9.25 Å². The van der Waals surface area contributed by atoms with Crippen LogP contribution in [0.15, 0.2) is 36.8 Å². The van der Waals surface area contributed by atoms with Crippen LogP contribution in [0, 0.1) is 17.1 Å². The Kier molecular flexibility index (Phi) is 2.06. The summed E-state index contributed by atoms with van der Waals surface area (Å²) in [5.74, 6) is -0.305. The van der Waals surface area contributed by atoms with Crippen LogP contribution in [0.5, 0.6) is 0 Å². The molecule has 1 aliphatic heterocycles. The Hall–Kier alpha value is -2.94. The lowest BCUT2D eigenvalue weighted by Gasteiger charge is -2.08. The highest BCUT2D eigenvalue weighted by atomic mass is 19.1. The first-order valence-corrected chi connectivity index (χ1v) is 6.06. The van der Waals surface area contributed by atoms with E-state index in [-0.39, 0.29) is 5.82 Å². The molecule has 1 aliphatic rings. The summed E-state index contributed by atoms with van der Waals surface area (Å²) in [6.45, 7) is 0.432. The minimum Gasteiger partial charge on any atom is -0.299 e. The average Bonchev–Trinajstić information content (AvgIpc) is 3.04. The monoisotopic (exact) mass is 265 g/mol. The Labute approximate surface area is 113 Å². The average molecular weight is 265 g/mol. The van der Waals surface area contributed by atoms with Gasteiger partial charge in [0.25, 0.3) is 0 Å². The van der Waals surface area contributed by atoms with Gasteiger partial charge in [-0.2, -0.15) is 10.4 Å². The van der Waals surface area contributed by atoms with Gasteiger partial charge in [0.2, 0.25) is 0 Å². The highest BCUT2D eigenvalue weighted by Crippen LogP contribution is 2.32. The summed E-state index contributed by atoms with van der Waals surface area (Å²) >= 11 is 0. The zero-order chi connectivity index (χ0) is 13.7. The zero-order valence-electron chi connectivity index (χ0n) is 10.3. The molecule has 1 aromatic carbocycles. The number of benzene rings is 1. The Morgan fingerprint density at radius 3 is 3.05 bits per heavy atom. The molecule has 5 nitrogen and oxygen atoms in total. The first-order valence-electron chi connectivity index (χ1n) is 6.06. The van der Waals surface area contributed by atoms with Crippen LogP contribution in [0.4, 0.5) is 4.39 Å². The van der Waals surface area contributed by atoms with Crippen molar-refractivity contribution in [3.63, 3.8) is 0 Å². The summed E-state index contributed by atoms with van der Waals surface area (Å²) in [5, 5.41) is 13.4. The van der Waals surface area contributed by atoms with Gasteiger partial charge in [-0.1, -0.05) is 0 Å². The molecule has 0 atom stereocenters. The third kappa shape index (κ3) is 1.34. The molecule has 4 rings (SSSR count). The predicted octanol–water partition coefficient (Wildman–Crippen LogP) is 2.11. The van der Waals surface area contributed by atoms with E-state index in [1.54, 1.807) is 23.3 Å². The van der Waals surface area contributed by atoms with Crippen LogP contribution in [-0.2, 0) is 6.54 Å². The molecule has 0 amide bonds. The Morgan fingerprint density at radius 1 is 1.30 bits per heavy atom. The van der Waals surface area contributed by atoms with E-state index in [0.717, 1.165) is 22.6 Å². The van der Waals surface area contributed by atoms with E-state index in [2.05, 4.69) is 16.2 Å². The summed E-state index contributed by atoms with van der Waals surface area (Å²) in [6.07, 6.45) is 3.26. The van der Waals surface area contributed by atoms with Gasteiger partial charge < -0.3 is 0 Å². The quantitative estimate of drug-likeness (QED) is 0.489. The van der Waals surface area contributed by atoms with Crippen LogP contribution in [0.2, 0.25) is 0 Å². The lowest BCUT2D eigenvalue weighted by atomic mass is 10.1. The summed E-state index contributed by atoms with van der Waals surface area (Å²) in [7, 11) is 0. The number of nitrogens with zero attached hydrogens (tertiary/aromatic N) is 5. The van der Waals surface area contributed by atoms with Gasteiger partial charge >= 0.3 is 0 Å². The second-order valence-corrected chi connectivity index (χ2v) is 4.56. The summed E-state index contributed by atoms with van der Waals surface area (Å²) in [6, 6.07) is 8.49. The van der Waals surface area contributed by atoms with Crippen LogP contribution in [-0.4, -0.2) is 19.3 Å². The number of nitriles is 1. The zero-order valence-corrected chi connectivity index (χ0v) is 10.3. The topological polar surface area (TPSA) is 59.4 Å². The van der Waals surface area contributed by atoms with Gasteiger partial charge in [-0.05, 0) is 24.3 Å². The first kappa shape index (κ1) is 10.9. The molecule has 20 heavy (non-hydrogen) atoms. The molecular formula is C14H8FN5. The van der Waals surface area contributed by atoms with Crippen LogP contribution in [0.1, 0.15) is 11.4 Å². The number of imidazole rings is 1. The van der Waals surface area contributed by atoms with Crippen molar-refractivity contribution in [2.45, 2.75) is 6.54 Å². The Morgan fingerprint density at radius 2 is 2.20 bits per heavy atom. The fraction of sp³-hybridized carbons (Fsp3) is 0.0714. The van der Waals surface area contributed by atoms with Crippen molar-refractivity contribution in [2.24, 2.45) is 0 Å². The van der Waals surface area contributed by atoms with Gasteiger partial charge in [-0.25, -0.2) is 9.37 Å². The lowest BCUT2D eigenvalue weighted by molar-refractivity contribution is 0.627. The summed E-state index contributed by atoms with van der Waals surface area (Å²) < 4.78 is 17.1. The van der Waals surface area contributed by atoms with Gasteiger partial charge in [0.05, 0.1) is 23.6 Å². The number of hydrogen-bond donors (Lipinski definition) is 0. The van der Waals surface area contributed by atoms with Gasteiger partial charge in [0, 0.05) is 11.8 Å².